The molecule has 1 aliphatic carbocycles. The van der Waals surface area contributed by atoms with Crippen LogP contribution in [0.25, 0.3) is 0 Å². The number of rotatable bonds is 8. The zero-order chi connectivity index (χ0) is 17.5. The predicted octanol–water partition coefficient (Wildman–Crippen LogP) is 1.14. The Labute approximate surface area is 153 Å². The van der Waals surface area contributed by atoms with E-state index in [-0.39, 0.29) is 0 Å². The van der Waals surface area contributed by atoms with Crippen LogP contribution < -0.4 is 10.6 Å². The second-order valence-corrected chi connectivity index (χ2v) is 7.95. The fraction of sp³-hybridized carbons (Fsp3) is 0.947. The molecule has 3 saturated heterocycles. The van der Waals surface area contributed by atoms with E-state index in [0.29, 0.717) is 11.5 Å². The highest BCUT2D eigenvalue weighted by Gasteiger charge is 2.34. The normalized spacial score (nSPS) is 31.3. The van der Waals surface area contributed by atoms with E-state index in [9.17, 15) is 0 Å². The van der Waals surface area contributed by atoms with Crippen LogP contribution in [0.3, 0.4) is 0 Å². The number of ether oxygens (including phenoxy) is 1. The maximum absolute atomic E-state index is 5.62. The molecule has 4 fully saturated rings. The van der Waals surface area contributed by atoms with Crippen LogP contribution in [0.5, 0.6) is 0 Å². The molecule has 3 heterocycles. The van der Waals surface area contributed by atoms with Crippen molar-refractivity contribution in [1.82, 2.24) is 20.4 Å². The maximum atomic E-state index is 5.62. The molecule has 0 spiro atoms. The fourth-order valence-electron chi connectivity index (χ4n) is 4.70. The molecule has 0 radical (unpaired) electrons. The Bertz CT molecular complexity index is 428. The van der Waals surface area contributed by atoms with Gasteiger partial charge in [0.05, 0.1) is 0 Å². The monoisotopic (exact) mass is 351 g/mol. The highest BCUT2D eigenvalue weighted by molar-refractivity contribution is 5.79. The summed E-state index contributed by atoms with van der Waals surface area (Å²) in [7, 11) is 1.88. The molecule has 6 heteroatoms. The Balaban J connectivity index is 1.43. The molecular weight excluding hydrogens is 314 g/mol. The number of hydrogen-bond acceptors (Lipinski definition) is 4. The predicted molar refractivity (Wildman–Crippen MR) is 103 cm³/mol. The summed E-state index contributed by atoms with van der Waals surface area (Å²) in [4.78, 5) is 9.67. The number of nitrogens with one attached hydrogen (secondary N) is 2. The van der Waals surface area contributed by atoms with Gasteiger partial charge in [0.1, 0.15) is 0 Å². The van der Waals surface area contributed by atoms with E-state index in [1.807, 2.05) is 7.05 Å². The highest BCUT2D eigenvalue weighted by Crippen LogP contribution is 2.40. The van der Waals surface area contributed by atoms with Gasteiger partial charge in [-0.1, -0.05) is 12.8 Å². The third kappa shape index (κ3) is 5.08. The van der Waals surface area contributed by atoms with Gasteiger partial charge in [-0.25, -0.2) is 0 Å². The minimum Gasteiger partial charge on any atom is -0.382 e. The molecule has 1 unspecified atom stereocenters. The third-order valence-electron chi connectivity index (χ3n) is 6.40. The summed E-state index contributed by atoms with van der Waals surface area (Å²) >= 11 is 0. The molecule has 2 N–H and O–H groups in total. The molecule has 6 nitrogen and oxygen atoms in total. The molecule has 4 aliphatic rings. The summed E-state index contributed by atoms with van der Waals surface area (Å²) in [6.45, 7) is 11.9. The van der Waals surface area contributed by atoms with Gasteiger partial charge in [-0.05, 0) is 31.6 Å². The van der Waals surface area contributed by atoms with Gasteiger partial charge in [-0.15, -0.1) is 0 Å². The first-order valence-corrected chi connectivity index (χ1v) is 10.2. The van der Waals surface area contributed by atoms with E-state index >= 15 is 0 Å². The maximum Gasteiger partial charge on any atom is 0.191 e. The lowest BCUT2D eigenvalue weighted by atomic mass is 9.83. The first-order valence-electron chi connectivity index (χ1n) is 10.2. The molecule has 25 heavy (non-hydrogen) atoms. The average molecular weight is 352 g/mol. The summed E-state index contributed by atoms with van der Waals surface area (Å²) < 4.78 is 5.62. The average Bonchev–Trinajstić information content (AvgIpc) is 3.12. The first kappa shape index (κ1) is 18.9. The van der Waals surface area contributed by atoms with Gasteiger partial charge in [-0.3, -0.25) is 14.8 Å². The molecule has 0 amide bonds. The zero-order valence-electron chi connectivity index (χ0n) is 16.2. The topological polar surface area (TPSA) is 52.1 Å². The van der Waals surface area contributed by atoms with Crippen molar-refractivity contribution in [2.75, 3.05) is 66.1 Å². The standard InChI is InChI=1S/C19H37N5O/c1-3-25-13-8-19(6-4-5-7-19)16-22-18(20-2)21-14-17-15-23-9-11-24(17)12-10-23/h17H,3-16H2,1-2H3,(H2,20,21,22). The lowest BCUT2D eigenvalue weighted by molar-refractivity contribution is 0.0154. The number of fused-ring (bicyclic) bond motifs is 3. The number of piperazine rings is 3. The number of guanidine groups is 1. The van der Waals surface area contributed by atoms with Gasteiger partial charge in [0.2, 0.25) is 0 Å². The van der Waals surface area contributed by atoms with E-state index in [1.165, 1.54) is 58.4 Å². The van der Waals surface area contributed by atoms with Gasteiger partial charge < -0.3 is 15.4 Å². The largest absolute Gasteiger partial charge is 0.382 e. The van der Waals surface area contributed by atoms with Crippen LogP contribution >= 0.6 is 0 Å². The molecule has 144 valence electrons. The Morgan fingerprint density at radius 3 is 2.52 bits per heavy atom. The molecule has 1 saturated carbocycles. The second-order valence-electron chi connectivity index (χ2n) is 7.95. The lowest BCUT2D eigenvalue weighted by Crippen LogP contribution is -2.64. The van der Waals surface area contributed by atoms with Gasteiger partial charge >= 0.3 is 0 Å². The van der Waals surface area contributed by atoms with Crippen LogP contribution in [0.1, 0.15) is 39.0 Å². The Hall–Kier alpha value is -0.850. The van der Waals surface area contributed by atoms with Gasteiger partial charge in [-0.2, -0.15) is 0 Å². The Kier molecular flexibility index (Phi) is 6.96. The van der Waals surface area contributed by atoms with E-state index in [1.54, 1.807) is 0 Å². The quantitative estimate of drug-likeness (QED) is 0.390. The SMILES string of the molecule is CCOCCC1(CNC(=NC)NCC2CN3CCN2CC3)CCCC1. The molecule has 0 aromatic heterocycles. The molecule has 1 atom stereocenters. The smallest absolute Gasteiger partial charge is 0.191 e. The fourth-order valence-corrected chi connectivity index (χ4v) is 4.70. The van der Waals surface area contributed by atoms with E-state index < -0.39 is 0 Å². The summed E-state index contributed by atoms with van der Waals surface area (Å²) in [5.74, 6) is 0.959. The van der Waals surface area contributed by atoms with Crippen molar-refractivity contribution in [1.29, 1.82) is 0 Å². The van der Waals surface area contributed by atoms with Crippen LogP contribution in [0.15, 0.2) is 4.99 Å². The van der Waals surface area contributed by atoms with Crippen LogP contribution in [-0.2, 0) is 4.74 Å². The molecule has 3 aliphatic heterocycles. The van der Waals surface area contributed by atoms with Crippen LogP contribution in [-0.4, -0.2) is 87.9 Å². The molecule has 4 rings (SSSR count). The van der Waals surface area contributed by atoms with Crippen molar-refractivity contribution in [3.63, 3.8) is 0 Å². The minimum absolute atomic E-state index is 0.395. The lowest BCUT2D eigenvalue weighted by Gasteiger charge is -2.47. The van der Waals surface area contributed by atoms with Crippen molar-refractivity contribution >= 4 is 5.96 Å². The summed E-state index contributed by atoms with van der Waals surface area (Å²) in [6.07, 6.45) is 6.50. The van der Waals surface area contributed by atoms with Gasteiger partial charge in [0, 0.05) is 72.1 Å². The van der Waals surface area contributed by atoms with Crippen molar-refractivity contribution < 1.29 is 4.74 Å². The highest BCUT2D eigenvalue weighted by atomic mass is 16.5. The van der Waals surface area contributed by atoms with Crippen molar-refractivity contribution in [2.24, 2.45) is 10.4 Å². The molecular formula is C19H37N5O. The van der Waals surface area contributed by atoms with Crippen molar-refractivity contribution in [2.45, 2.75) is 45.1 Å². The van der Waals surface area contributed by atoms with Crippen molar-refractivity contribution in [3.8, 4) is 0 Å². The van der Waals surface area contributed by atoms with E-state index in [4.69, 9.17) is 4.74 Å². The van der Waals surface area contributed by atoms with E-state index in [0.717, 1.165) is 38.7 Å². The van der Waals surface area contributed by atoms with Crippen LogP contribution in [0.4, 0.5) is 0 Å². The second kappa shape index (κ2) is 9.19. The molecule has 0 aromatic carbocycles. The number of hydrogen-bond donors (Lipinski definition) is 2. The van der Waals surface area contributed by atoms with E-state index in [2.05, 4.69) is 32.3 Å². The number of nitrogens with zero attached hydrogens (tertiary/aromatic N) is 3. The van der Waals surface area contributed by atoms with Gasteiger partial charge in [0.25, 0.3) is 0 Å². The first-order chi connectivity index (χ1) is 12.2. The van der Waals surface area contributed by atoms with Gasteiger partial charge in [0.15, 0.2) is 5.96 Å². The summed E-state index contributed by atoms with van der Waals surface area (Å²) in [5.41, 5.74) is 0.395. The summed E-state index contributed by atoms with van der Waals surface area (Å²) in [5, 5.41) is 7.19. The third-order valence-corrected chi connectivity index (χ3v) is 6.40. The minimum atomic E-state index is 0.395. The van der Waals surface area contributed by atoms with Crippen LogP contribution in [0, 0.1) is 5.41 Å². The summed E-state index contributed by atoms with van der Waals surface area (Å²) in [6, 6.07) is 0.624. The van der Waals surface area contributed by atoms with Crippen molar-refractivity contribution in [3.05, 3.63) is 0 Å². The molecule has 2 bridgehead atoms. The Morgan fingerprint density at radius 1 is 1.16 bits per heavy atom. The number of aliphatic imine (C=N–C) groups is 1. The molecule has 0 aromatic rings. The Morgan fingerprint density at radius 2 is 1.92 bits per heavy atom. The zero-order valence-corrected chi connectivity index (χ0v) is 16.2. The van der Waals surface area contributed by atoms with Crippen LogP contribution in [0.2, 0.25) is 0 Å².